The summed E-state index contributed by atoms with van der Waals surface area (Å²) in [5, 5.41) is 3.49. The molecular formula is C13H13ClN2S2. The van der Waals surface area contributed by atoms with Gasteiger partial charge in [-0.05, 0) is 11.6 Å². The van der Waals surface area contributed by atoms with Crippen LogP contribution in [0, 0.1) is 0 Å². The lowest BCUT2D eigenvalue weighted by atomic mass is 10.2. The Hall–Kier alpha value is -0.840. The first-order chi connectivity index (χ1) is 8.42. The van der Waals surface area contributed by atoms with E-state index in [1.54, 1.807) is 0 Å². The van der Waals surface area contributed by atoms with Gasteiger partial charge in [0.2, 0.25) is 4.71 Å². The van der Waals surface area contributed by atoms with Gasteiger partial charge < -0.3 is 12.4 Å². The first-order valence-corrected chi connectivity index (χ1v) is 7.40. The fraction of sp³-hybridized carbons (Fsp3) is 0.154. The van der Waals surface area contributed by atoms with Crippen LogP contribution in [0.5, 0.6) is 0 Å². The van der Waals surface area contributed by atoms with E-state index in [4.69, 9.17) is 0 Å². The highest BCUT2D eigenvalue weighted by molar-refractivity contribution is 8.14. The second-order valence-corrected chi connectivity index (χ2v) is 6.26. The Bertz CT molecular complexity index is 482. The zero-order chi connectivity index (χ0) is 11.5. The lowest BCUT2D eigenvalue weighted by Crippen LogP contribution is -3.00. The van der Waals surface area contributed by atoms with Crippen molar-refractivity contribution in [3.05, 3.63) is 60.3 Å². The topological polar surface area (TPSA) is 15.9 Å². The van der Waals surface area contributed by atoms with Crippen molar-refractivity contribution >= 4 is 29.5 Å². The molecule has 1 aromatic heterocycles. The molecule has 2 aromatic rings. The largest absolute Gasteiger partial charge is 1.00 e. The quantitative estimate of drug-likeness (QED) is 0.810. The number of halogens is 1. The smallest absolute Gasteiger partial charge is 0.288 e. The van der Waals surface area contributed by atoms with E-state index in [9.17, 15) is 0 Å². The number of pyridine rings is 1. The van der Waals surface area contributed by atoms with E-state index in [-0.39, 0.29) is 12.4 Å². The molecule has 0 bridgehead atoms. The first kappa shape index (κ1) is 13.6. The van der Waals surface area contributed by atoms with Crippen LogP contribution >= 0.6 is 23.7 Å². The molecule has 0 fully saturated rings. The second-order valence-electron chi connectivity index (χ2n) is 3.79. The molecule has 1 atom stereocenters. The fourth-order valence-corrected chi connectivity index (χ4v) is 3.91. The summed E-state index contributed by atoms with van der Waals surface area (Å²) >= 11 is 3.75. The molecule has 18 heavy (non-hydrogen) atoms. The Morgan fingerprint density at radius 2 is 1.89 bits per heavy atom. The number of hydrogen-bond acceptors (Lipinski definition) is 3. The summed E-state index contributed by atoms with van der Waals surface area (Å²) in [7, 11) is 0. The number of nitrogens with zero attached hydrogens (tertiary/aromatic N) is 1. The van der Waals surface area contributed by atoms with Gasteiger partial charge in [0.05, 0.1) is 0 Å². The fourth-order valence-electron chi connectivity index (χ4n) is 1.70. The van der Waals surface area contributed by atoms with Gasteiger partial charge in [-0.15, -0.1) is 0 Å². The van der Waals surface area contributed by atoms with Gasteiger partial charge >= 0.3 is 0 Å². The first-order valence-electron chi connectivity index (χ1n) is 5.52. The lowest BCUT2D eigenvalue weighted by molar-refractivity contribution is -0.473. The Morgan fingerprint density at radius 3 is 2.67 bits per heavy atom. The minimum atomic E-state index is 0. The van der Waals surface area contributed by atoms with Crippen LogP contribution < -0.4 is 21.7 Å². The van der Waals surface area contributed by atoms with Crippen molar-refractivity contribution < 1.29 is 16.4 Å². The molecule has 0 saturated heterocycles. The third kappa shape index (κ3) is 3.13. The van der Waals surface area contributed by atoms with Crippen molar-refractivity contribution in [2.45, 2.75) is 10.5 Å². The molecule has 5 heteroatoms. The molecule has 0 spiro atoms. The molecule has 1 aliphatic heterocycles. The molecular weight excluding hydrogens is 284 g/mol. The summed E-state index contributed by atoms with van der Waals surface area (Å²) in [6.07, 6.45) is 2.09. The molecule has 94 valence electrons. The molecule has 1 unspecified atom stereocenters. The molecule has 1 N–H and O–H groups in total. The van der Waals surface area contributed by atoms with Gasteiger partial charge in [-0.25, -0.2) is 5.32 Å². The SMILES string of the molecule is [Cl-].c1ccc(CSC2Nc3cccc[n+]3S2)cc1. The number of anilines is 1. The van der Waals surface area contributed by atoms with Gasteiger partial charge in [-0.1, -0.05) is 48.2 Å². The Labute approximate surface area is 122 Å². The Balaban J connectivity index is 0.00000120. The van der Waals surface area contributed by atoms with Crippen molar-refractivity contribution in [1.82, 2.24) is 0 Å². The zero-order valence-electron chi connectivity index (χ0n) is 9.62. The summed E-state index contributed by atoms with van der Waals surface area (Å²) in [6.45, 7) is 0. The highest BCUT2D eigenvalue weighted by atomic mass is 35.5. The van der Waals surface area contributed by atoms with Gasteiger partial charge in [0.15, 0.2) is 0 Å². The van der Waals surface area contributed by atoms with Crippen LogP contribution in [0.2, 0.25) is 0 Å². The lowest BCUT2D eigenvalue weighted by Gasteiger charge is -2.03. The molecule has 2 nitrogen and oxygen atoms in total. The van der Waals surface area contributed by atoms with Gasteiger partial charge in [0.25, 0.3) is 5.82 Å². The molecule has 0 amide bonds. The third-order valence-electron chi connectivity index (χ3n) is 2.54. The summed E-state index contributed by atoms with van der Waals surface area (Å²) in [5.74, 6) is 2.23. The van der Waals surface area contributed by atoms with Crippen molar-refractivity contribution in [3.8, 4) is 0 Å². The van der Waals surface area contributed by atoms with Gasteiger partial charge in [-0.3, -0.25) is 0 Å². The van der Waals surface area contributed by atoms with Crippen LogP contribution in [-0.2, 0) is 5.75 Å². The van der Waals surface area contributed by atoms with Crippen LogP contribution in [0.25, 0.3) is 0 Å². The van der Waals surface area contributed by atoms with E-state index >= 15 is 0 Å². The van der Waals surface area contributed by atoms with Crippen LogP contribution in [0.3, 0.4) is 0 Å². The van der Waals surface area contributed by atoms with Crippen molar-refractivity contribution in [2.24, 2.45) is 0 Å². The Morgan fingerprint density at radius 1 is 1.11 bits per heavy atom. The maximum Gasteiger partial charge on any atom is 0.288 e. The average molecular weight is 297 g/mol. The average Bonchev–Trinajstić information content (AvgIpc) is 2.80. The minimum Gasteiger partial charge on any atom is -1.00 e. The summed E-state index contributed by atoms with van der Waals surface area (Å²) < 4.78 is 2.58. The van der Waals surface area contributed by atoms with E-state index < -0.39 is 0 Å². The van der Waals surface area contributed by atoms with Crippen LogP contribution in [0.15, 0.2) is 54.7 Å². The van der Waals surface area contributed by atoms with Crippen LogP contribution in [-0.4, -0.2) is 4.71 Å². The van der Waals surface area contributed by atoms with Gasteiger partial charge in [-0.2, -0.15) is 3.97 Å². The standard InChI is InChI=1S/C13H12N2S2.ClH/c1-2-6-11(7-3-1)10-16-13-14-12-8-4-5-9-15(12)17-13;/h1-9,13H,10H2;1H. The maximum absolute atomic E-state index is 3.49. The predicted molar refractivity (Wildman–Crippen MR) is 74.8 cm³/mol. The van der Waals surface area contributed by atoms with E-state index in [1.165, 1.54) is 11.4 Å². The summed E-state index contributed by atoms with van der Waals surface area (Å²) in [6, 6.07) is 16.8. The van der Waals surface area contributed by atoms with Crippen molar-refractivity contribution in [1.29, 1.82) is 0 Å². The number of benzene rings is 1. The van der Waals surface area contributed by atoms with Crippen LogP contribution in [0.1, 0.15) is 5.56 Å². The summed E-state index contributed by atoms with van der Waals surface area (Å²) in [5.41, 5.74) is 1.38. The van der Waals surface area contributed by atoms with Crippen molar-refractivity contribution in [2.75, 3.05) is 5.32 Å². The van der Waals surface area contributed by atoms with Crippen LogP contribution in [0.4, 0.5) is 5.82 Å². The van der Waals surface area contributed by atoms with E-state index in [0.717, 1.165) is 5.75 Å². The van der Waals surface area contributed by atoms with E-state index in [2.05, 4.69) is 64.0 Å². The maximum atomic E-state index is 3.49. The number of fused-ring (bicyclic) bond motifs is 1. The number of hydrogen-bond donors (Lipinski definition) is 1. The number of aromatic nitrogens is 1. The minimum absolute atomic E-state index is 0. The van der Waals surface area contributed by atoms with Gasteiger partial charge in [0.1, 0.15) is 18.1 Å². The molecule has 0 radical (unpaired) electrons. The number of nitrogens with one attached hydrogen (secondary N) is 1. The molecule has 3 rings (SSSR count). The zero-order valence-corrected chi connectivity index (χ0v) is 12.0. The monoisotopic (exact) mass is 296 g/mol. The highest BCUT2D eigenvalue weighted by Gasteiger charge is 2.29. The molecule has 2 heterocycles. The van der Waals surface area contributed by atoms with E-state index in [1.807, 2.05) is 23.7 Å². The molecule has 0 saturated carbocycles. The Kier molecular flexibility index (Phi) is 4.80. The third-order valence-corrected chi connectivity index (χ3v) is 4.99. The summed E-state index contributed by atoms with van der Waals surface area (Å²) in [4.78, 5) is 0. The number of rotatable bonds is 3. The van der Waals surface area contributed by atoms with Gasteiger partial charge in [0, 0.05) is 11.8 Å². The molecule has 1 aliphatic rings. The predicted octanol–water partition coefficient (Wildman–Crippen LogP) is 0.117. The molecule has 1 aromatic carbocycles. The normalized spacial score (nSPS) is 16.6. The van der Waals surface area contributed by atoms with Crippen molar-refractivity contribution in [3.63, 3.8) is 0 Å². The second kappa shape index (κ2) is 6.36. The van der Waals surface area contributed by atoms with E-state index in [0.29, 0.717) is 4.71 Å². The molecule has 0 aliphatic carbocycles. The number of thioether (sulfide) groups is 1. The highest BCUT2D eigenvalue weighted by Crippen LogP contribution is 2.30.